The van der Waals surface area contributed by atoms with Crippen LogP contribution < -0.4 is 15.8 Å². The average molecular weight is 462 g/mol. The molecule has 7 nitrogen and oxygen atoms in total. The van der Waals surface area contributed by atoms with Gasteiger partial charge in [-0.25, -0.2) is 22.9 Å². The molecule has 2 aromatic carbocycles. The minimum atomic E-state index is -4.50. The van der Waals surface area contributed by atoms with Crippen LogP contribution in [0, 0.1) is 5.82 Å². The van der Waals surface area contributed by atoms with Gasteiger partial charge in [0.05, 0.1) is 16.8 Å². The minimum Gasteiger partial charge on any atom is -0.338 e. The van der Waals surface area contributed by atoms with Crippen LogP contribution in [0.2, 0.25) is 5.02 Å². The third-order valence-electron chi connectivity index (χ3n) is 3.71. The number of primary sulfonamides is 1. The summed E-state index contributed by atoms with van der Waals surface area (Å²) < 4.78 is 75.0. The fraction of sp³-hybridized carbons (Fsp3) is 0.0588. The minimum absolute atomic E-state index is 0.0901. The Hall–Kier alpha value is -2.96. The lowest BCUT2D eigenvalue weighted by Crippen LogP contribution is -2.13. The number of hydrogen-bond donors (Lipinski definition) is 3. The SMILES string of the molecule is NS(=O)(=O)c1cc(Nc2ncc(F)c(Nc3ccc(C(F)(F)F)cc3)n2)ccc1Cl. The quantitative estimate of drug-likeness (QED) is 0.485. The third-order valence-corrected chi connectivity index (χ3v) is 5.11. The molecule has 0 aliphatic rings. The van der Waals surface area contributed by atoms with Crippen molar-refractivity contribution >= 4 is 44.8 Å². The predicted molar refractivity (Wildman–Crippen MR) is 103 cm³/mol. The van der Waals surface area contributed by atoms with Crippen LogP contribution in [0.4, 0.5) is 40.7 Å². The molecule has 0 bridgehead atoms. The molecular formula is C17H12ClF4N5O2S. The lowest BCUT2D eigenvalue weighted by Gasteiger charge is -2.11. The summed E-state index contributed by atoms with van der Waals surface area (Å²) in [5.41, 5.74) is -0.489. The van der Waals surface area contributed by atoms with Gasteiger partial charge in [0.15, 0.2) is 11.6 Å². The molecule has 3 aromatic rings. The lowest BCUT2D eigenvalue weighted by molar-refractivity contribution is -0.137. The summed E-state index contributed by atoms with van der Waals surface area (Å²) in [7, 11) is -4.08. The zero-order chi connectivity index (χ0) is 22.1. The Morgan fingerprint density at radius 3 is 2.23 bits per heavy atom. The number of halogens is 5. The van der Waals surface area contributed by atoms with Gasteiger partial charge in [-0.1, -0.05) is 11.6 Å². The molecule has 1 aromatic heterocycles. The molecule has 0 saturated heterocycles. The zero-order valence-electron chi connectivity index (χ0n) is 14.7. The van der Waals surface area contributed by atoms with Crippen molar-refractivity contribution < 1.29 is 26.0 Å². The first kappa shape index (κ1) is 21.7. The van der Waals surface area contributed by atoms with Crippen LogP contribution in [-0.2, 0) is 16.2 Å². The molecule has 0 fully saturated rings. The van der Waals surface area contributed by atoms with Crippen molar-refractivity contribution in [3.63, 3.8) is 0 Å². The number of sulfonamides is 1. The van der Waals surface area contributed by atoms with Crippen LogP contribution in [0.25, 0.3) is 0 Å². The Morgan fingerprint density at radius 1 is 1.00 bits per heavy atom. The van der Waals surface area contributed by atoms with E-state index in [1.165, 1.54) is 12.1 Å². The maximum atomic E-state index is 14.0. The van der Waals surface area contributed by atoms with E-state index in [2.05, 4.69) is 20.6 Å². The van der Waals surface area contributed by atoms with E-state index in [-0.39, 0.29) is 33.1 Å². The number of nitrogens with one attached hydrogen (secondary N) is 2. The van der Waals surface area contributed by atoms with E-state index in [9.17, 15) is 26.0 Å². The van der Waals surface area contributed by atoms with Gasteiger partial charge in [-0.3, -0.25) is 0 Å². The summed E-state index contributed by atoms with van der Waals surface area (Å²) in [6.45, 7) is 0. The molecule has 0 radical (unpaired) electrons. The molecule has 0 unspecified atom stereocenters. The molecule has 0 saturated carbocycles. The fourth-order valence-electron chi connectivity index (χ4n) is 2.32. The zero-order valence-corrected chi connectivity index (χ0v) is 16.3. The first-order valence-corrected chi connectivity index (χ1v) is 9.92. The van der Waals surface area contributed by atoms with E-state index >= 15 is 0 Å². The van der Waals surface area contributed by atoms with Gasteiger partial charge < -0.3 is 10.6 Å². The molecule has 0 amide bonds. The number of rotatable bonds is 5. The molecule has 0 aliphatic heterocycles. The van der Waals surface area contributed by atoms with Crippen molar-refractivity contribution in [2.45, 2.75) is 11.1 Å². The molecular weight excluding hydrogens is 450 g/mol. The number of benzene rings is 2. The van der Waals surface area contributed by atoms with Crippen LogP contribution >= 0.6 is 11.6 Å². The molecule has 30 heavy (non-hydrogen) atoms. The van der Waals surface area contributed by atoms with Crippen LogP contribution in [0.15, 0.2) is 53.6 Å². The first-order chi connectivity index (χ1) is 13.9. The van der Waals surface area contributed by atoms with E-state index in [0.717, 1.165) is 36.5 Å². The summed E-state index contributed by atoms with van der Waals surface area (Å²) in [5.74, 6) is -1.29. The van der Waals surface area contributed by atoms with Crippen LogP contribution in [-0.4, -0.2) is 18.4 Å². The van der Waals surface area contributed by atoms with Gasteiger partial charge in [0, 0.05) is 11.4 Å². The third kappa shape index (κ3) is 5.14. The highest BCUT2D eigenvalue weighted by Gasteiger charge is 2.30. The Labute approximate surface area is 173 Å². The Kier molecular flexibility index (Phi) is 5.83. The molecule has 4 N–H and O–H groups in total. The summed E-state index contributed by atoms with van der Waals surface area (Å²) in [4.78, 5) is 7.31. The number of nitrogens with zero attached hydrogens (tertiary/aromatic N) is 2. The van der Waals surface area contributed by atoms with Crippen molar-refractivity contribution in [3.05, 3.63) is 65.1 Å². The van der Waals surface area contributed by atoms with E-state index < -0.39 is 27.6 Å². The molecule has 13 heteroatoms. The number of anilines is 4. The standard InChI is InChI=1S/C17H12ClF4N5O2S/c18-12-6-5-11(7-14(12)30(23,28)29)26-16-24-8-13(19)15(27-16)25-10-3-1-9(2-4-10)17(20,21)22/h1-8H,(H2,23,28,29)(H2,24,25,26,27). The summed E-state index contributed by atoms with van der Waals surface area (Å²) in [6.07, 6.45) is -3.66. The number of aromatic nitrogens is 2. The van der Waals surface area contributed by atoms with Crippen molar-refractivity contribution in [3.8, 4) is 0 Å². The Morgan fingerprint density at radius 2 is 1.63 bits per heavy atom. The van der Waals surface area contributed by atoms with Gasteiger partial charge in [0.25, 0.3) is 0 Å². The Bertz CT molecular complexity index is 1190. The second-order valence-electron chi connectivity index (χ2n) is 5.91. The normalized spacial score (nSPS) is 11.9. The molecule has 1 heterocycles. The van der Waals surface area contributed by atoms with Gasteiger partial charge in [-0.05, 0) is 42.5 Å². The van der Waals surface area contributed by atoms with Crippen LogP contribution in [0.5, 0.6) is 0 Å². The van der Waals surface area contributed by atoms with E-state index in [1.807, 2.05) is 0 Å². The molecule has 0 atom stereocenters. The smallest absolute Gasteiger partial charge is 0.338 e. The van der Waals surface area contributed by atoms with Gasteiger partial charge in [-0.15, -0.1) is 0 Å². The summed E-state index contributed by atoms with van der Waals surface area (Å²) in [6, 6.07) is 7.77. The second-order valence-corrected chi connectivity index (χ2v) is 7.84. The summed E-state index contributed by atoms with van der Waals surface area (Å²) >= 11 is 5.81. The van der Waals surface area contributed by atoms with Gasteiger partial charge in [-0.2, -0.15) is 18.2 Å². The highest BCUT2D eigenvalue weighted by molar-refractivity contribution is 7.89. The van der Waals surface area contributed by atoms with Crippen molar-refractivity contribution in [1.82, 2.24) is 9.97 Å². The number of hydrogen-bond acceptors (Lipinski definition) is 6. The van der Waals surface area contributed by atoms with E-state index in [4.69, 9.17) is 16.7 Å². The monoisotopic (exact) mass is 461 g/mol. The Balaban J connectivity index is 1.84. The van der Waals surface area contributed by atoms with Crippen LogP contribution in [0.1, 0.15) is 5.56 Å². The maximum Gasteiger partial charge on any atom is 0.416 e. The van der Waals surface area contributed by atoms with Crippen molar-refractivity contribution in [2.75, 3.05) is 10.6 Å². The van der Waals surface area contributed by atoms with Crippen molar-refractivity contribution in [2.24, 2.45) is 5.14 Å². The molecule has 3 rings (SSSR count). The second kappa shape index (κ2) is 8.05. The molecule has 158 valence electrons. The molecule has 0 aliphatic carbocycles. The topological polar surface area (TPSA) is 110 Å². The van der Waals surface area contributed by atoms with E-state index in [1.54, 1.807) is 0 Å². The fourth-order valence-corrected chi connectivity index (χ4v) is 3.39. The highest BCUT2D eigenvalue weighted by Crippen LogP contribution is 2.31. The predicted octanol–water partition coefficient (Wildman–Crippen LogP) is 4.42. The van der Waals surface area contributed by atoms with Gasteiger partial charge >= 0.3 is 6.18 Å². The molecule has 0 spiro atoms. The number of alkyl halides is 3. The largest absolute Gasteiger partial charge is 0.416 e. The van der Waals surface area contributed by atoms with E-state index in [0.29, 0.717) is 0 Å². The first-order valence-electron chi connectivity index (χ1n) is 8.00. The average Bonchev–Trinajstić information content (AvgIpc) is 2.65. The van der Waals surface area contributed by atoms with Gasteiger partial charge in [0.1, 0.15) is 4.90 Å². The number of nitrogens with two attached hydrogens (primary N) is 1. The lowest BCUT2D eigenvalue weighted by atomic mass is 10.2. The van der Waals surface area contributed by atoms with Gasteiger partial charge in [0.2, 0.25) is 16.0 Å². The van der Waals surface area contributed by atoms with Crippen LogP contribution in [0.3, 0.4) is 0 Å². The maximum absolute atomic E-state index is 14.0. The highest BCUT2D eigenvalue weighted by atomic mass is 35.5. The van der Waals surface area contributed by atoms with Crippen molar-refractivity contribution in [1.29, 1.82) is 0 Å². The summed E-state index contributed by atoms with van der Waals surface area (Å²) in [5, 5.41) is 10.2.